The molecule has 0 spiro atoms. The van der Waals surface area contributed by atoms with Crippen LogP contribution in [0.3, 0.4) is 0 Å². The van der Waals surface area contributed by atoms with Crippen LogP contribution in [0.15, 0.2) is 0 Å². The van der Waals surface area contributed by atoms with Crippen molar-refractivity contribution < 1.29 is 14.6 Å². The molecule has 0 fully saturated rings. The molecule has 0 aromatic rings. The quantitative estimate of drug-likeness (QED) is 0.524. The van der Waals surface area contributed by atoms with E-state index >= 15 is 0 Å². The summed E-state index contributed by atoms with van der Waals surface area (Å²) in [6.07, 6.45) is 0.568. The van der Waals surface area contributed by atoms with Crippen molar-refractivity contribution in [3.05, 3.63) is 0 Å². The molecule has 0 aromatic heterocycles. The molecule has 0 amide bonds. The van der Waals surface area contributed by atoms with Gasteiger partial charge in [0.25, 0.3) is 0 Å². The zero-order valence-corrected chi connectivity index (χ0v) is 10.9. The fraction of sp³-hybridized carbons (Fsp3) is 1.00. The van der Waals surface area contributed by atoms with Gasteiger partial charge in [-0.05, 0) is 25.8 Å². The predicted molar refractivity (Wildman–Crippen MR) is 65.6 cm³/mol. The standard InChI is InChI=1S/C12H27NO3/c1-4-15-7-5-6-13-8-12(14)10-16-9-11(2)3/h11-14H,4-10H2,1-3H3. The molecule has 0 aliphatic rings. The van der Waals surface area contributed by atoms with Gasteiger partial charge in [0.15, 0.2) is 0 Å². The van der Waals surface area contributed by atoms with Crippen molar-refractivity contribution in [1.82, 2.24) is 5.32 Å². The smallest absolute Gasteiger partial charge is 0.0897 e. The molecular weight excluding hydrogens is 206 g/mol. The minimum absolute atomic E-state index is 0.411. The molecule has 98 valence electrons. The van der Waals surface area contributed by atoms with Crippen LogP contribution in [0.1, 0.15) is 27.2 Å². The molecular formula is C12H27NO3. The van der Waals surface area contributed by atoms with Crippen LogP contribution in [0, 0.1) is 5.92 Å². The Morgan fingerprint density at radius 3 is 2.56 bits per heavy atom. The zero-order chi connectivity index (χ0) is 12.2. The van der Waals surface area contributed by atoms with Gasteiger partial charge >= 0.3 is 0 Å². The highest BCUT2D eigenvalue weighted by Crippen LogP contribution is 1.93. The Morgan fingerprint density at radius 1 is 1.19 bits per heavy atom. The lowest BCUT2D eigenvalue weighted by atomic mass is 10.2. The maximum absolute atomic E-state index is 9.55. The van der Waals surface area contributed by atoms with Crippen molar-refractivity contribution in [2.45, 2.75) is 33.3 Å². The number of rotatable bonds is 11. The lowest BCUT2D eigenvalue weighted by Gasteiger charge is -2.13. The maximum Gasteiger partial charge on any atom is 0.0897 e. The highest BCUT2D eigenvalue weighted by Gasteiger charge is 2.03. The van der Waals surface area contributed by atoms with E-state index < -0.39 is 6.10 Å². The maximum atomic E-state index is 9.55. The van der Waals surface area contributed by atoms with Crippen LogP contribution in [0.2, 0.25) is 0 Å². The second-order valence-electron chi connectivity index (χ2n) is 4.34. The van der Waals surface area contributed by atoms with Crippen LogP contribution in [-0.2, 0) is 9.47 Å². The van der Waals surface area contributed by atoms with Crippen molar-refractivity contribution in [3.63, 3.8) is 0 Å². The Labute approximate surface area is 99.3 Å². The minimum atomic E-state index is -0.411. The summed E-state index contributed by atoms with van der Waals surface area (Å²) in [6.45, 7) is 10.3. The number of hydrogen-bond donors (Lipinski definition) is 2. The molecule has 0 aliphatic carbocycles. The van der Waals surface area contributed by atoms with Gasteiger partial charge in [0.1, 0.15) is 0 Å². The fourth-order valence-corrected chi connectivity index (χ4v) is 1.21. The Kier molecular flexibility index (Phi) is 11.2. The summed E-state index contributed by atoms with van der Waals surface area (Å²) in [4.78, 5) is 0. The van der Waals surface area contributed by atoms with E-state index in [-0.39, 0.29) is 0 Å². The van der Waals surface area contributed by atoms with E-state index in [2.05, 4.69) is 19.2 Å². The van der Waals surface area contributed by atoms with Gasteiger partial charge in [0, 0.05) is 26.4 Å². The van der Waals surface area contributed by atoms with Crippen molar-refractivity contribution in [3.8, 4) is 0 Å². The molecule has 4 nitrogen and oxygen atoms in total. The molecule has 0 bridgehead atoms. The summed E-state index contributed by atoms with van der Waals surface area (Å²) >= 11 is 0. The molecule has 0 aliphatic heterocycles. The van der Waals surface area contributed by atoms with Crippen LogP contribution in [0.4, 0.5) is 0 Å². The summed E-state index contributed by atoms with van der Waals surface area (Å²) < 4.78 is 10.5. The molecule has 1 atom stereocenters. The number of ether oxygens (including phenoxy) is 2. The average Bonchev–Trinajstić information content (AvgIpc) is 2.22. The van der Waals surface area contributed by atoms with Crippen LogP contribution >= 0.6 is 0 Å². The largest absolute Gasteiger partial charge is 0.389 e. The summed E-state index contributed by atoms with van der Waals surface area (Å²) in [5.41, 5.74) is 0. The normalized spacial score (nSPS) is 13.3. The van der Waals surface area contributed by atoms with Gasteiger partial charge in [-0.2, -0.15) is 0 Å². The van der Waals surface area contributed by atoms with E-state index in [1.54, 1.807) is 0 Å². The number of nitrogens with one attached hydrogen (secondary N) is 1. The molecule has 0 saturated carbocycles. The number of aliphatic hydroxyl groups is 1. The fourth-order valence-electron chi connectivity index (χ4n) is 1.21. The molecule has 0 rings (SSSR count). The Balaban J connectivity index is 3.14. The molecule has 0 heterocycles. The van der Waals surface area contributed by atoms with Crippen LogP contribution in [-0.4, -0.2) is 50.7 Å². The highest BCUT2D eigenvalue weighted by molar-refractivity contribution is 4.58. The van der Waals surface area contributed by atoms with Crippen molar-refractivity contribution in [2.75, 3.05) is 39.5 Å². The highest BCUT2D eigenvalue weighted by atomic mass is 16.5. The van der Waals surface area contributed by atoms with Gasteiger partial charge < -0.3 is 19.9 Å². The van der Waals surface area contributed by atoms with Gasteiger partial charge in [-0.3, -0.25) is 0 Å². The lowest BCUT2D eigenvalue weighted by molar-refractivity contribution is 0.0259. The van der Waals surface area contributed by atoms with Gasteiger partial charge in [-0.25, -0.2) is 0 Å². The molecule has 0 saturated heterocycles. The zero-order valence-electron chi connectivity index (χ0n) is 10.9. The summed E-state index contributed by atoms with van der Waals surface area (Å²) in [6, 6.07) is 0. The number of hydrogen-bond acceptors (Lipinski definition) is 4. The second kappa shape index (κ2) is 11.3. The van der Waals surface area contributed by atoms with Gasteiger partial charge in [0.05, 0.1) is 12.7 Å². The Morgan fingerprint density at radius 2 is 1.94 bits per heavy atom. The Bertz CT molecular complexity index is 142. The van der Waals surface area contributed by atoms with E-state index in [1.165, 1.54) is 0 Å². The topological polar surface area (TPSA) is 50.7 Å². The first-order valence-electron chi connectivity index (χ1n) is 6.21. The third-order valence-corrected chi connectivity index (χ3v) is 1.99. The summed E-state index contributed by atoms with van der Waals surface area (Å²) in [7, 11) is 0. The van der Waals surface area contributed by atoms with Gasteiger partial charge in [-0.1, -0.05) is 13.8 Å². The van der Waals surface area contributed by atoms with E-state index in [9.17, 15) is 5.11 Å². The van der Waals surface area contributed by atoms with Crippen molar-refractivity contribution in [2.24, 2.45) is 5.92 Å². The van der Waals surface area contributed by atoms with Crippen molar-refractivity contribution >= 4 is 0 Å². The van der Waals surface area contributed by atoms with Gasteiger partial charge in [-0.15, -0.1) is 0 Å². The Hall–Kier alpha value is -0.160. The third-order valence-electron chi connectivity index (χ3n) is 1.99. The third kappa shape index (κ3) is 11.9. The molecule has 1 unspecified atom stereocenters. The minimum Gasteiger partial charge on any atom is -0.389 e. The van der Waals surface area contributed by atoms with Crippen LogP contribution in [0.25, 0.3) is 0 Å². The average molecular weight is 233 g/mol. The summed E-state index contributed by atoms with van der Waals surface area (Å²) in [5, 5.41) is 12.7. The van der Waals surface area contributed by atoms with E-state index in [4.69, 9.17) is 9.47 Å². The van der Waals surface area contributed by atoms with E-state index in [0.717, 1.165) is 26.2 Å². The van der Waals surface area contributed by atoms with Gasteiger partial charge in [0.2, 0.25) is 0 Å². The molecule has 2 N–H and O–H groups in total. The molecule has 16 heavy (non-hydrogen) atoms. The summed E-state index contributed by atoms with van der Waals surface area (Å²) in [5.74, 6) is 0.520. The molecule has 4 heteroatoms. The predicted octanol–water partition coefficient (Wildman–Crippen LogP) is 1.04. The molecule has 0 aromatic carbocycles. The van der Waals surface area contributed by atoms with E-state index in [1.807, 2.05) is 6.92 Å². The first-order valence-corrected chi connectivity index (χ1v) is 6.21. The second-order valence-corrected chi connectivity index (χ2v) is 4.34. The van der Waals surface area contributed by atoms with Crippen LogP contribution in [0.5, 0.6) is 0 Å². The van der Waals surface area contributed by atoms with E-state index in [0.29, 0.717) is 25.7 Å². The lowest BCUT2D eigenvalue weighted by Crippen LogP contribution is -2.31. The van der Waals surface area contributed by atoms with Crippen LogP contribution < -0.4 is 5.32 Å². The first kappa shape index (κ1) is 15.8. The SMILES string of the molecule is CCOCCCNCC(O)COCC(C)C. The van der Waals surface area contributed by atoms with Crippen molar-refractivity contribution in [1.29, 1.82) is 0 Å². The monoisotopic (exact) mass is 233 g/mol. The number of aliphatic hydroxyl groups excluding tert-OH is 1. The first-order chi connectivity index (χ1) is 7.66. The molecule has 0 radical (unpaired) electrons.